The molecule has 1 N–H and O–H groups in total. The lowest BCUT2D eigenvalue weighted by molar-refractivity contribution is -0.122. The van der Waals surface area contributed by atoms with Gasteiger partial charge in [0.15, 0.2) is 0 Å². The molecule has 0 spiro atoms. The number of carbonyl (C=O) groups is 1. The molecule has 2 aromatic heterocycles. The molecule has 8 heteroatoms. The second-order valence-electron chi connectivity index (χ2n) is 6.13. The molecule has 0 amide bonds. The molecule has 0 aromatic carbocycles. The van der Waals surface area contributed by atoms with Crippen LogP contribution in [0.2, 0.25) is 0 Å². The Kier molecular flexibility index (Phi) is 7.49. The van der Waals surface area contributed by atoms with Crippen LogP contribution in [0, 0.1) is 0 Å². The van der Waals surface area contributed by atoms with Crippen LogP contribution in [0.25, 0.3) is 5.69 Å². The number of aryl methyl sites for hydroxylation is 1. The van der Waals surface area contributed by atoms with Gasteiger partial charge in [0.25, 0.3) is 6.47 Å². The Hall–Kier alpha value is -2.32. The second-order valence-corrected chi connectivity index (χ2v) is 6.13. The van der Waals surface area contributed by atoms with Crippen LogP contribution in [-0.2, 0) is 11.2 Å². The first kappa shape index (κ1) is 19.0. The summed E-state index contributed by atoms with van der Waals surface area (Å²) >= 11 is 0. The van der Waals surface area contributed by atoms with E-state index in [4.69, 9.17) is 9.90 Å². The number of aromatic nitrogens is 4. The maximum Gasteiger partial charge on any atom is 0.290 e. The third-order valence-corrected chi connectivity index (χ3v) is 4.47. The molecule has 0 saturated carbocycles. The molecule has 0 bridgehead atoms. The molecule has 1 unspecified atom stereocenters. The SMILES string of the molecule is CC(CCc1ncnn1-c1ccncc1)N1CCN(C)CC1.O=CO. The zero-order valence-electron chi connectivity index (χ0n) is 14.8. The van der Waals surface area contributed by atoms with Gasteiger partial charge in [0.2, 0.25) is 0 Å². The van der Waals surface area contributed by atoms with Gasteiger partial charge in [0.1, 0.15) is 12.2 Å². The van der Waals surface area contributed by atoms with E-state index in [-0.39, 0.29) is 6.47 Å². The van der Waals surface area contributed by atoms with Crippen molar-refractivity contribution in [2.45, 2.75) is 25.8 Å². The second kappa shape index (κ2) is 9.85. The van der Waals surface area contributed by atoms with E-state index in [1.165, 1.54) is 0 Å². The van der Waals surface area contributed by atoms with Gasteiger partial charge in [-0.05, 0) is 32.5 Å². The summed E-state index contributed by atoms with van der Waals surface area (Å²) in [6, 6.07) is 4.50. The highest BCUT2D eigenvalue weighted by Crippen LogP contribution is 2.13. The van der Waals surface area contributed by atoms with E-state index in [0.717, 1.165) is 50.5 Å². The van der Waals surface area contributed by atoms with Crippen LogP contribution in [0.15, 0.2) is 30.9 Å². The number of rotatable bonds is 5. The van der Waals surface area contributed by atoms with Gasteiger partial charge in [-0.15, -0.1) is 0 Å². The first-order valence-electron chi connectivity index (χ1n) is 8.45. The average Bonchev–Trinajstić information content (AvgIpc) is 3.10. The Morgan fingerprint density at radius 1 is 1.24 bits per heavy atom. The molecule has 3 heterocycles. The smallest absolute Gasteiger partial charge is 0.290 e. The Labute approximate surface area is 148 Å². The Balaban J connectivity index is 0.000000701. The lowest BCUT2D eigenvalue weighted by atomic mass is 10.1. The maximum atomic E-state index is 8.36. The Morgan fingerprint density at radius 2 is 1.88 bits per heavy atom. The van der Waals surface area contributed by atoms with E-state index in [2.05, 4.69) is 38.8 Å². The highest BCUT2D eigenvalue weighted by Gasteiger charge is 2.19. The number of hydrogen-bond acceptors (Lipinski definition) is 6. The van der Waals surface area contributed by atoms with Crippen LogP contribution in [0.3, 0.4) is 0 Å². The van der Waals surface area contributed by atoms with Crippen LogP contribution in [0.5, 0.6) is 0 Å². The first-order valence-corrected chi connectivity index (χ1v) is 8.45. The topological polar surface area (TPSA) is 87.4 Å². The lowest BCUT2D eigenvalue weighted by Crippen LogP contribution is -2.48. The van der Waals surface area contributed by atoms with E-state index in [0.29, 0.717) is 6.04 Å². The zero-order chi connectivity index (χ0) is 18.1. The fourth-order valence-corrected chi connectivity index (χ4v) is 2.92. The van der Waals surface area contributed by atoms with Gasteiger partial charge in [0, 0.05) is 51.0 Å². The highest BCUT2D eigenvalue weighted by atomic mass is 16.3. The van der Waals surface area contributed by atoms with Crippen LogP contribution in [0.1, 0.15) is 19.2 Å². The minimum atomic E-state index is -0.250. The molecule has 1 fully saturated rings. The van der Waals surface area contributed by atoms with Crippen molar-refractivity contribution >= 4 is 6.47 Å². The van der Waals surface area contributed by atoms with Gasteiger partial charge in [-0.25, -0.2) is 9.67 Å². The molecule has 0 aliphatic carbocycles. The minimum absolute atomic E-state index is 0.250. The van der Waals surface area contributed by atoms with Gasteiger partial charge >= 0.3 is 0 Å². The van der Waals surface area contributed by atoms with Crippen molar-refractivity contribution in [3.05, 3.63) is 36.7 Å². The Bertz CT molecular complexity index is 625. The normalized spacial score (nSPS) is 16.7. The van der Waals surface area contributed by atoms with E-state index in [1.807, 2.05) is 16.8 Å². The van der Waals surface area contributed by atoms with Crippen molar-refractivity contribution in [1.82, 2.24) is 29.5 Å². The predicted molar refractivity (Wildman–Crippen MR) is 94.7 cm³/mol. The van der Waals surface area contributed by atoms with E-state index >= 15 is 0 Å². The molecule has 8 nitrogen and oxygen atoms in total. The summed E-state index contributed by atoms with van der Waals surface area (Å²) in [6.45, 7) is 6.72. The van der Waals surface area contributed by atoms with Crippen LogP contribution in [-0.4, -0.2) is 80.4 Å². The number of carboxylic acid groups (broad SMARTS) is 1. The molecular formula is C17H26N6O2. The molecule has 1 atom stereocenters. The van der Waals surface area contributed by atoms with Crippen LogP contribution >= 0.6 is 0 Å². The summed E-state index contributed by atoms with van der Waals surface area (Å²) in [6.07, 6.45) is 7.25. The highest BCUT2D eigenvalue weighted by molar-refractivity contribution is 5.32. The van der Waals surface area contributed by atoms with Crippen molar-refractivity contribution in [2.24, 2.45) is 0 Å². The number of hydrogen-bond donors (Lipinski definition) is 1. The summed E-state index contributed by atoms with van der Waals surface area (Å²) in [7, 11) is 2.19. The summed E-state index contributed by atoms with van der Waals surface area (Å²) in [5.41, 5.74) is 1.02. The minimum Gasteiger partial charge on any atom is -0.483 e. The van der Waals surface area contributed by atoms with Gasteiger partial charge in [-0.3, -0.25) is 14.7 Å². The molecule has 2 aromatic rings. The van der Waals surface area contributed by atoms with E-state index < -0.39 is 0 Å². The quantitative estimate of drug-likeness (QED) is 0.806. The first-order chi connectivity index (χ1) is 12.2. The van der Waals surface area contributed by atoms with Gasteiger partial charge < -0.3 is 10.0 Å². The largest absolute Gasteiger partial charge is 0.483 e. The van der Waals surface area contributed by atoms with Gasteiger partial charge in [0.05, 0.1) is 5.69 Å². The van der Waals surface area contributed by atoms with Crippen LogP contribution in [0.4, 0.5) is 0 Å². The van der Waals surface area contributed by atoms with Crippen molar-refractivity contribution in [1.29, 1.82) is 0 Å². The number of piperazine rings is 1. The molecule has 25 heavy (non-hydrogen) atoms. The fourth-order valence-electron chi connectivity index (χ4n) is 2.92. The van der Waals surface area contributed by atoms with E-state index in [1.54, 1.807) is 18.7 Å². The third kappa shape index (κ3) is 5.61. The molecule has 1 aliphatic heterocycles. The monoisotopic (exact) mass is 346 g/mol. The van der Waals surface area contributed by atoms with Gasteiger partial charge in [-0.1, -0.05) is 0 Å². The predicted octanol–water partition coefficient (Wildman–Crippen LogP) is 0.932. The summed E-state index contributed by atoms with van der Waals surface area (Å²) in [5.74, 6) is 1.02. The molecule has 136 valence electrons. The zero-order valence-corrected chi connectivity index (χ0v) is 14.8. The molecule has 0 radical (unpaired) electrons. The Morgan fingerprint density at radius 3 is 2.52 bits per heavy atom. The molecule has 3 rings (SSSR count). The van der Waals surface area contributed by atoms with Crippen LogP contribution < -0.4 is 0 Å². The van der Waals surface area contributed by atoms with Crippen molar-refractivity contribution in [3.63, 3.8) is 0 Å². The summed E-state index contributed by atoms with van der Waals surface area (Å²) in [4.78, 5) is 21.8. The van der Waals surface area contributed by atoms with Crippen molar-refractivity contribution < 1.29 is 9.90 Å². The number of likely N-dealkylation sites (N-methyl/N-ethyl adjacent to an activating group) is 1. The molecule has 1 aliphatic rings. The standard InChI is InChI=1S/C16H24N6.CH2O2/c1-14(21-11-9-20(2)10-12-21)3-4-16-18-13-19-22(16)15-5-7-17-8-6-15;2-1-3/h5-8,13-14H,3-4,9-12H2,1-2H3;1H,(H,2,3). The maximum absolute atomic E-state index is 8.36. The third-order valence-electron chi connectivity index (χ3n) is 4.47. The van der Waals surface area contributed by atoms with Gasteiger partial charge in [-0.2, -0.15) is 5.10 Å². The molecular weight excluding hydrogens is 320 g/mol. The fraction of sp³-hybridized carbons (Fsp3) is 0.529. The summed E-state index contributed by atoms with van der Waals surface area (Å²) < 4.78 is 1.92. The molecule has 1 saturated heterocycles. The summed E-state index contributed by atoms with van der Waals surface area (Å²) in [5, 5.41) is 11.2. The van der Waals surface area contributed by atoms with Crippen molar-refractivity contribution in [2.75, 3.05) is 33.2 Å². The average molecular weight is 346 g/mol. The number of pyridine rings is 1. The lowest BCUT2D eigenvalue weighted by Gasteiger charge is -2.36. The van der Waals surface area contributed by atoms with Crippen molar-refractivity contribution in [3.8, 4) is 5.69 Å². The number of nitrogens with zero attached hydrogens (tertiary/aromatic N) is 6. The van der Waals surface area contributed by atoms with E-state index in [9.17, 15) is 0 Å².